The Balaban J connectivity index is 2.06. The monoisotopic (exact) mass is 300 g/mol. The third kappa shape index (κ3) is 3.84. The Bertz CT molecular complexity index is 470. The van der Waals surface area contributed by atoms with Crippen molar-refractivity contribution in [2.75, 3.05) is 18.8 Å². The van der Waals surface area contributed by atoms with Gasteiger partial charge in [-0.05, 0) is 18.1 Å². The predicted molar refractivity (Wildman–Crippen MR) is 79.9 cm³/mol. The Morgan fingerprint density at radius 1 is 1.58 bits per heavy atom. The van der Waals surface area contributed by atoms with Crippen LogP contribution in [0, 0.1) is 10.1 Å². The Kier molecular flexibility index (Phi) is 5.07. The highest BCUT2D eigenvalue weighted by Crippen LogP contribution is 2.27. The maximum atomic E-state index is 10.9. The minimum atomic E-state index is -0.424. The van der Waals surface area contributed by atoms with Gasteiger partial charge in [0.2, 0.25) is 0 Å². The van der Waals surface area contributed by atoms with Gasteiger partial charge in [0, 0.05) is 36.7 Å². The topological polar surface area (TPSA) is 46.4 Å². The van der Waals surface area contributed by atoms with Gasteiger partial charge in [0.1, 0.15) is 5.02 Å². The highest BCUT2D eigenvalue weighted by molar-refractivity contribution is 8.00. The van der Waals surface area contributed by atoms with Crippen molar-refractivity contribution in [2.45, 2.75) is 25.1 Å². The van der Waals surface area contributed by atoms with Crippen LogP contribution in [0.5, 0.6) is 0 Å². The van der Waals surface area contributed by atoms with Crippen LogP contribution in [-0.4, -0.2) is 33.9 Å². The summed E-state index contributed by atoms with van der Waals surface area (Å²) >= 11 is 7.84. The van der Waals surface area contributed by atoms with E-state index in [9.17, 15) is 10.1 Å². The van der Waals surface area contributed by atoms with Gasteiger partial charge < -0.3 is 0 Å². The van der Waals surface area contributed by atoms with E-state index in [2.05, 4.69) is 11.8 Å². The van der Waals surface area contributed by atoms with Crippen molar-refractivity contribution in [3.8, 4) is 0 Å². The molecule has 1 aromatic carbocycles. The molecule has 0 radical (unpaired) electrons. The van der Waals surface area contributed by atoms with Crippen molar-refractivity contribution < 1.29 is 4.92 Å². The number of nitro groups is 1. The minimum Gasteiger partial charge on any atom is -0.297 e. The first kappa shape index (κ1) is 14.6. The standard InChI is InChI=1S/C13H17ClN2O2S/c1-2-11-9-15(5-6-19-11)8-10-3-4-12(14)13(7-10)16(17)18/h3-4,7,11H,2,5-6,8-9H2,1H3. The summed E-state index contributed by atoms with van der Waals surface area (Å²) in [6, 6.07) is 5.08. The molecule has 0 amide bonds. The zero-order valence-corrected chi connectivity index (χ0v) is 12.4. The second-order valence-corrected chi connectivity index (χ2v) is 6.49. The van der Waals surface area contributed by atoms with Gasteiger partial charge in [-0.25, -0.2) is 0 Å². The molecule has 0 aromatic heterocycles. The molecule has 4 nitrogen and oxygen atoms in total. The van der Waals surface area contributed by atoms with Gasteiger partial charge in [-0.1, -0.05) is 24.6 Å². The quantitative estimate of drug-likeness (QED) is 0.630. The molecular formula is C13H17ClN2O2S. The number of hydrogen-bond donors (Lipinski definition) is 0. The number of benzene rings is 1. The molecule has 6 heteroatoms. The molecule has 0 bridgehead atoms. The van der Waals surface area contributed by atoms with Crippen molar-refractivity contribution in [1.29, 1.82) is 0 Å². The van der Waals surface area contributed by atoms with E-state index in [0.29, 0.717) is 5.25 Å². The molecule has 1 saturated heterocycles. The van der Waals surface area contributed by atoms with Gasteiger partial charge in [0.25, 0.3) is 5.69 Å². The number of rotatable bonds is 4. The molecule has 0 aliphatic carbocycles. The lowest BCUT2D eigenvalue weighted by molar-refractivity contribution is -0.384. The van der Waals surface area contributed by atoms with Crippen LogP contribution in [0.15, 0.2) is 18.2 Å². The molecule has 1 heterocycles. The largest absolute Gasteiger partial charge is 0.297 e. The molecule has 2 rings (SSSR count). The number of thioether (sulfide) groups is 1. The summed E-state index contributed by atoms with van der Waals surface area (Å²) in [7, 11) is 0. The van der Waals surface area contributed by atoms with Crippen LogP contribution >= 0.6 is 23.4 Å². The maximum Gasteiger partial charge on any atom is 0.288 e. The van der Waals surface area contributed by atoms with Crippen molar-refractivity contribution in [1.82, 2.24) is 4.90 Å². The smallest absolute Gasteiger partial charge is 0.288 e. The van der Waals surface area contributed by atoms with E-state index in [1.807, 2.05) is 17.8 Å². The van der Waals surface area contributed by atoms with E-state index in [-0.39, 0.29) is 10.7 Å². The zero-order valence-electron chi connectivity index (χ0n) is 10.8. The number of nitro benzene ring substituents is 1. The predicted octanol–water partition coefficient (Wildman–Crippen LogP) is 3.58. The Labute approximate surface area is 122 Å². The van der Waals surface area contributed by atoms with Gasteiger partial charge in [-0.3, -0.25) is 15.0 Å². The normalized spacial score (nSPS) is 20.4. The van der Waals surface area contributed by atoms with Crippen LogP contribution in [0.3, 0.4) is 0 Å². The van der Waals surface area contributed by atoms with E-state index < -0.39 is 4.92 Å². The molecule has 1 fully saturated rings. The first-order valence-electron chi connectivity index (χ1n) is 6.37. The van der Waals surface area contributed by atoms with Crippen molar-refractivity contribution in [3.05, 3.63) is 38.9 Å². The number of hydrogen-bond acceptors (Lipinski definition) is 4. The van der Waals surface area contributed by atoms with Crippen molar-refractivity contribution in [3.63, 3.8) is 0 Å². The second kappa shape index (κ2) is 6.59. The SMILES string of the molecule is CCC1CN(Cc2ccc(Cl)c([N+](=O)[O-])c2)CCS1. The summed E-state index contributed by atoms with van der Waals surface area (Å²) in [4.78, 5) is 12.8. The molecular weight excluding hydrogens is 284 g/mol. The van der Waals surface area contributed by atoms with Crippen LogP contribution < -0.4 is 0 Å². The summed E-state index contributed by atoms with van der Waals surface area (Å²) in [6.07, 6.45) is 1.17. The molecule has 0 N–H and O–H groups in total. The van der Waals surface area contributed by atoms with Gasteiger partial charge in [0.05, 0.1) is 4.92 Å². The van der Waals surface area contributed by atoms with Crippen molar-refractivity contribution >= 4 is 29.1 Å². The second-order valence-electron chi connectivity index (χ2n) is 4.68. The molecule has 0 spiro atoms. The third-order valence-corrected chi connectivity index (χ3v) is 4.98. The fourth-order valence-corrected chi connectivity index (χ4v) is 3.66. The van der Waals surface area contributed by atoms with Crippen LogP contribution in [0.25, 0.3) is 0 Å². The fraction of sp³-hybridized carbons (Fsp3) is 0.538. The summed E-state index contributed by atoms with van der Waals surface area (Å²) < 4.78 is 0. The van der Waals surface area contributed by atoms with E-state index in [0.717, 1.165) is 31.0 Å². The number of nitrogens with zero attached hydrogens (tertiary/aromatic N) is 2. The maximum absolute atomic E-state index is 10.9. The lowest BCUT2D eigenvalue weighted by atomic mass is 10.1. The number of halogens is 1. The van der Waals surface area contributed by atoms with Crippen LogP contribution in [0.1, 0.15) is 18.9 Å². The third-order valence-electron chi connectivity index (χ3n) is 3.29. The van der Waals surface area contributed by atoms with Gasteiger partial charge in [-0.15, -0.1) is 0 Å². The van der Waals surface area contributed by atoms with Gasteiger partial charge in [-0.2, -0.15) is 11.8 Å². The van der Waals surface area contributed by atoms with Crippen LogP contribution in [-0.2, 0) is 6.54 Å². The van der Waals surface area contributed by atoms with Gasteiger partial charge in [0.15, 0.2) is 0 Å². The van der Waals surface area contributed by atoms with Crippen LogP contribution in [0.2, 0.25) is 5.02 Å². The average Bonchev–Trinajstić information content (AvgIpc) is 2.41. The van der Waals surface area contributed by atoms with Gasteiger partial charge >= 0.3 is 0 Å². The zero-order chi connectivity index (χ0) is 13.8. The molecule has 19 heavy (non-hydrogen) atoms. The molecule has 104 valence electrons. The Morgan fingerprint density at radius 3 is 3.05 bits per heavy atom. The molecule has 0 saturated carbocycles. The Hall–Kier alpha value is -0.780. The van der Waals surface area contributed by atoms with Crippen molar-refractivity contribution in [2.24, 2.45) is 0 Å². The van der Waals surface area contributed by atoms with E-state index >= 15 is 0 Å². The Morgan fingerprint density at radius 2 is 2.37 bits per heavy atom. The first-order valence-corrected chi connectivity index (χ1v) is 7.79. The first-order chi connectivity index (χ1) is 9.10. The molecule has 1 aromatic rings. The van der Waals surface area contributed by atoms with E-state index in [1.54, 1.807) is 12.1 Å². The minimum absolute atomic E-state index is 0.00223. The molecule has 1 aliphatic heterocycles. The average molecular weight is 301 g/mol. The fourth-order valence-electron chi connectivity index (χ4n) is 2.23. The summed E-state index contributed by atoms with van der Waals surface area (Å²) in [5.41, 5.74) is 0.954. The van der Waals surface area contributed by atoms with Crippen LogP contribution in [0.4, 0.5) is 5.69 Å². The molecule has 1 aliphatic rings. The lowest BCUT2D eigenvalue weighted by Crippen LogP contribution is -2.37. The van der Waals surface area contributed by atoms with E-state index in [1.165, 1.54) is 6.42 Å². The highest BCUT2D eigenvalue weighted by Gasteiger charge is 2.20. The molecule has 1 atom stereocenters. The van der Waals surface area contributed by atoms with E-state index in [4.69, 9.17) is 11.6 Å². The highest BCUT2D eigenvalue weighted by atomic mass is 35.5. The summed E-state index contributed by atoms with van der Waals surface area (Å²) in [5, 5.41) is 11.7. The lowest BCUT2D eigenvalue weighted by Gasteiger charge is -2.31. The summed E-state index contributed by atoms with van der Waals surface area (Å²) in [6.45, 7) is 5.05. The summed E-state index contributed by atoms with van der Waals surface area (Å²) in [5.74, 6) is 1.13. The molecule has 1 unspecified atom stereocenters.